The Labute approximate surface area is 135 Å². The van der Waals surface area contributed by atoms with Gasteiger partial charge in [0.25, 0.3) is 0 Å². The van der Waals surface area contributed by atoms with Crippen LogP contribution in [0.5, 0.6) is 0 Å². The van der Waals surface area contributed by atoms with Gasteiger partial charge in [-0.3, -0.25) is 14.7 Å². The van der Waals surface area contributed by atoms with Crippen LogP contribution in [0.3, 0.4) is 0 Å². The summed E-state index contributed by atoms with van der Waals surface area (Å²) in [6.07, 6.45) is 4.67. The molecule has 0 saturated carbocycles. The van der Waals surface area contributed by atoms with Gasteiger partial charge in [0.2, 0.25) is 5.91 Å². The number of H-pyrrole nitrogens is 1. The molecule has 0 unspecified atom stereocenters. The van der Waals surface area contributed by atoms with Crippen molar-refractivity contribution in [3.8, 4) is 0 Å². The second kappa shape index (κ2) is 7.69. The minimum absolute atomic E-state index is 0.0176. The van der Waals surface area contributed by atoms with Crippen molar-refractivity contribution in [3.63, 3.8) is 0 Å². The molecule has 1 amide bonds. The molecule has 130 valence electrons. The van der Waals surface area contributed by atoms with Gasteiger partial charge < -0.3 is 11.5 Å². The Hall–Kier alpha value is -1.74. The number of sulfone groups is 1. The molecule has 1 aromatic heterocycles. The van der Waals surface area contributed by atoms with Gasteiger partial charge in [0, 0.05) is 6.20 Å². The number of rotatable bonds is 10. The summed E-state index contributed by atoms with van der Waals surface area (Å²) in [6, 6.07) is 0. The van der Waals surface area contributed by atoms with Crippen LogP contribution in [0.1, 0.15) is 49.9 Å². The van der Waals surface area contributed by atoms with E-state index < -0.39 is 38.1 Å². The molecule has 0 fully saturated rings. The first-order valence-corrected chi connectivity index (χ1v) is 9.24. The minimum atomic E-state index is -3.76. The van der Waals surface area contributed by atoms with Crippen LogP contribution >= 0.6 is 0 Å². The van der Waals surface area contributed by atoms with Crippen LogP contribution in [-0.2, 0) is 14.6 Å². The first kappa shape index (κ1) is 19.3. The number of carbonyl (C=O) groups is 2. The fourth-order valence-electron chi connectivity index (χ4n) is 2.46. The highest BCUT2D eigenvalue weighted by molar-refractivity contribution is 7.92. The van der Waals surface area contributed by atoms with Gasteiger partial charge in [0.05, 0.1) is 22.8 Å². The zero-order valence-electron chi connectivity index (χ0n) is 13.4. The zero-order chi connectivity index (χ0) is 17.7. The fraction of sp³-hybridized carbons (Fsp3) is 0.643. The number of nitrogens with one attached hydrogen (secondary N) is 1. The number of hydrogen-bond donors (Lipinski definition) is 3. The monoisotopic (exact) mass is 344 g/mol. The van der Waals surface area contributed by atoms with E-state index in [0.29, 0.717) is 25.7 Å². The molecular formula is C14H24N4O4S. The van der Waals surface area contributed by atoms with Crippen LogP contribution in [0.4, 0.5) is 0 Å². The van der Waals surface area contributed by atoms with E-state index in [4.69, 9.17) is 11.5 Å². The smallest absolute Gasteiger partial charge is 0.246 e. The molecule has 1 rings (SSSR count). The Morgan fingerprint density at radius 3 is 2.26 bits per heavy atom. The predicted octanol–water partition coefficient (Wildman–Crippen LogP) is 0.159. The molecule has 0 aliphatic rings. The van der Waals surface area contributed by atoms with Gasteiger partial charge in [-0.05, 0) is 12.8 Å². The molecule has 1 aromatic rings. The first-order chi connectivity index (χ1) is 10.7. The molecule has 23 heavy (non-hydrogen) atoms. The maximum atomic E-state index is 12.6. The second-order valence-corrected chi connectivity index (χ2v) is 7.94. The number of amides is 1. The van der Waals surface area contributed by atoms with Crippen molar-refractivity contribution in [2.45, 2.75) is 50.3 Å². The van der Waals surface area contributed by atoms with E-state index in [1.807, 2.05) is 13.8 Å². The largest absolute Gasteiger partial charge is 0.368 e. The number of aromatic nitrogens is 2. The molecule has 0 saturated heterocycles. The molecule has 9 heteroatoms. The number of nitrogens with zero attached hydrogens (tertiary/aromatic N) is 1. The molecule has 1 heterocycles. The van der Waals surface area contributed by atoms with Crippen molar-refractivity contribution < 1.29 is 18.0 Å². The Morgan fingerprint density at radius 1 is 1.30 bits per heavy atom. The molecule has 1 atom stereocenters. The second-order valence-electron chi connectivity index (χ2n) is 5.66. The quantitative estimate of drug-likeness (QED) is 0.406. The summed E-state index contributed by atoms with van der Waals surface area (Å²) in [6.45, 7) is 3.75. The molecule has 0 spiro atoms. The number of Topliss-reactive ketones (excluding diaryl/α,β-unsaturated/α-hetero) is 1. The van der Waals surface area contributed by atoms with Gasteiger partial charge in [-0.1, -0.05) is 26.7 Å². The third-order valence-corrected chi connectivity index (χ3v) is 6.11. The van der Waals surface area contributed by atoms with E-state index in [1.165, 1.54) is 12.4 Å². The summed E-state index contributed by atoms with van der Waals surface area (Å²) >= 11 is 0. The van der Waals surface area contributed by atoms with Gasteiger partial charge in [-0.25, -0.2) is 8.42 Å². The number of nitrogens with two attached hydrogens (primary N) is 2. The highest BCUT2D eigenvalue weighted by Gasteiger charge is 2.46. The average Bonchev–Trinajstić information content (AvgIpc) is 2.99. The molecule has 0 aliphatic heterocycles. The van der Waals surface area contributed by atoms with E-state index in [1.54, 1.807) is 0 Å². The van der Waals surface area contributed by atoms with Crippen molar-refractivity contribution in [2.24, 2.45) is 11.5 Å². The summed E-state index contributed by atoms with van der Waals surface area (Å²) in [5.41, 5.74) is 8.81. The van der Waals surface area contributed by atoms with Gasteiger partial charge in [0.15, 0.2) is 21.2 Å². The highest BCUT2D eigenvalue weighted by Crippen LogP contribution is 2.21. The molecule has 0 aliphatic carbocycles. The predicted molar refractivity (Wildman–Crippen MR) is 86.4 cm³/mol. The van der Waals surface area contributed by atoms with Gasteiger partial charge >= 0.3 is 0 Å². The molecule has 0 aromatic carbocycles. The normalized spacial score (nSPS) is 14.6. The summed E-state index contributed by atoms with van der Waals surface area (Å²) in [7, 11) is -3.76. The SMILES string of the molecule is CCCC(CCC)S(=O)(=O)C[C@](N)(C(N)=O)C(=O)c1cn[nH]c1. The zero-order valence-corrected chi connectivity index (χ0v) is 14.2. The van der Waals surface area contributed by atoms with Crippen LogP contribution < -0.4 is 11.5 Å². The van der Waals surface area contributed by atoms with Crippen molar-refractivity contribution in [1.29, 1.82) is 0 Å². The number of carbonyl (C=O) groups excluding carboxylic acids is 2. The Bertz CT molecular complexity index is 636. The summed E-state index contributed by atoms with van der Waals surface area (Å²) in [5.74, 6) is -2.82. The van der Waals surface area contributed by atoms with E-state index in [-0.39, 0.29) is 5.56 Å². The Balaban J connectivity index is 3.16. The van der Waals surface area contributed by atoms with E-state index in [9.17, 15) is 18.0 Å². The average molecular weight is 344 g/mol. The third-order valence-electron chi connectivity index (χ3n) is 3.76. The van der Waals surface area contributed by atoms with Crippen LogP contribution in [-0.4, -0.2) is 46.8 Å². The highest BCUT2D eigenvalue weighted by atomic mass is 32.2. The lowest BCUT2D eigenvalue weighted by Crippen LogP contribution is -2.63. The fourth-order valence-corrected chi connectivity index (χ4v) is 4.80. The first-order valence-electron chi connectivity index (χ1n) is 7.53. The maximum absolute atomic E-state index is 12.6. The van der Waals surface area contributed by atoms with Crippen molar-refractivity contribution in [1.82, 2.24) is 10.2 Å². The number of primary amides is 1. The summed E-state index contributed by atoms with van der Waals surface area (Å²) in [4.78, 5) is 24.2. The summed E-state index contributed by atoms with van der Waals surface area (Å²) in [5, 5.41) is 5.38. The number of hydrogen-bond acceptors (Lipinski definition) is 6. The van der Waals surface area contributed by atoms with Crippen molar-refractivity contribution in [2.75, 3.05) is 5.75 Å². The van der Waals surface area contributed by atoms with Gasteiger partial charge in [0.1, 0.15) is 0 Å². The van der Waals surface area contributed by atoms with Gasteiger partial charge in [-0.2, -0.15) is 5.10 Å². The van der Waals surface area contributed by atoms with Crippen LogP contribution in [0.15, 0.2) is 12.4 Å². The molecular weight excluding hydrogens is 320 g/mol. The Kier molecular flexibility index (Phi) is 6.46. The van der Waals surface area contributed by atoms with Crippen LogP contribution in [0.2, 0.25) is 0 Å². The minimum Gasteiger partial charge on any atom is -0.368 e. The standard InChI is InChI=1S/C14H24N4O4S/c1-3-5-11(6-4-2)23(21,22)9-14(16,13(15)20)12(19)10-7-17-18-8-10/h7-8,11H,3-6,9,16H2,1-2H3,(H2,15,20)(H,17,18)/t14-/m1/s1. The van der Waals surface area contributed by atoms with E-state index in [0.717, 1.165) is 0 Å². The lowest BCUT2D eigenvalue weighted by molar-refractivity contribution is -0.120. The lowest BCUT2D eigenvalue weighted by Gasteiger charge is -2.26. The molecule has 0 bridgehead atoms. The maximum Gasteiger partial charge on any atom is 0.246 e. The Morgan fingerprint density at radius 2 is 1.87 bits per heavy atom. The van der Waals surface area contributed by atoms with Crippen LogP contribution in [0.25, 0.3) is 0 Å². The van der Waals surface area contributed by atoms with Crippen LogP contribution in [0, 0.1) is 0 Å². The molecule has 0 radical (unpaired) electrons. The number of aromatic amines is 1. The lowest BCUT2D eigenvalue weighted by atomic mass is 9.93. The van der Waals surface area contributed by atoms with Crippen molar-refractivity contribution in [3.05, 3.63) is 18.0 Å². The van der Waals surface area contributed by atoms with E-state index in [2.05, 4.69) is 10.2 Å². The van der Waals surface area contributed by atoms with Gasteiger partial charge in [-0.15, -0.1) is 0 Å². The molecule has 5 N–H and O–H groups in total. The third kappa shape index (κ3) is 4.38. The summed E-state index contributed by atoms with van der Waals surface area (Å²) < 4.78 is 25.3. The topological polar surface area (TPSA) is 149 Å². The molecule has 8 nitrogen and oxygen atoms in total. The van der Waals surface area contributed by atoms with Crippen molar-refractivity contribution >= 4 is 21.5 Å². The number of ketones is 1. The van der Waals surface area contributed by atoms with E-state index >= 15 is 0 Å².